The minimum Gasteiger partial charge on any atom is -0.381 e. The van der Waals surface area contributed by atoms with E-state index in [0.29, 0.717) is 39.1 Å². The van der Waals surface area contributed by atoms with Crippen molar-refractivity contribution in [3.63, 3.8) is 0 Å². The van der Waals surface area contributed by atoms with Gasteiger partial charge in [-0.15, -0.1) is 12.4 Å². The van der Waals surface area contributed by atoms with Gasteiger partial charge in [0.05, 0.1) is 11.3 Å². The van der Waals surface area contributed by atoms with Crippen LogP contribution in [0.2, 0.25) is 0 Å². The molecule has 3 N–H and O–H groups in total. The third-order valence-corrected chi connectivity index (χ3v) is 6.66. The molecule has 0 atom stereocenters. The first-order valence-electron chi connectivity index (χ1n) is 7.15. The number of carbonyl (C=O) groups is 1. The minimum atomic E-state index is -3.29. The summed E-state index contributed by atoms with van der Waals surface area (Å²) in [5.74, 6) is 1.31. The minimum absolute atomic E-state index is 0. The van der Waals surface area contributed by atoms with Gasteiger partial charge >= 0.3 is 0 Å². The fourth-order valence-electron chi connectivity index (χ4n) is 2.39. The smallest absolute Gasteiger partial charge is 0.240 e. The van der Waals surface area contributed by atoms with Gasteiger partial charge in [0.25, 0.3) is 0 Å². The average molecular weight is 374 g/mol. The Morgan fingerprint density at radius 2 is 1.86 bits per heavy atom. The van der Waals surface area contributed by atoms with Crippen molar-refractivity contribution < 1.29 is 17.9 Å². The Bertz CT molecular complexity index is 463. The van der Waals surface area contributed by atoms with Crippen molar-refractivity contribution >= 4 is 40.1 Å². The van der Waals surface area contributed by atoms with Crippen LogP contribution in [-0.2, 0) is 19.6 Å². The van der Waals surface area contributed by atoms with Crippen LogP contribution in [0, 0.1) is 0 Å². The van der Waals surface area contributed by atoms with E-state index < -0.39 is 15.6 Å². The van der Waals surface area contributed by atoms with E-state index in [-0.39, 0.29) is 30.6 Å². The number of thioether (sulfide) groups is 1. The first kappa shape index (κ1) is 20.0. The average Bonchev–Trinajstić information content (AvgIpc) is 2.48. The highest BCUT2D eigenvalue weighted by atomic mass is 35.5. The molecule has 7 nitrogen and oxygen atoms in total. The van der Waals surface area contributed by atoms with Crippen LogP contribution in [0.25, 0.3) is 0 Å². The highest BCUT2D eigenvalue weighted by Gasteiger charge is 2.36. The summed E-state index contributed by atoms with van der Waals surface area (Å²) in [6, 6.07) is 0. The maximum Gasteiger partial charge on any atom is 0.240 e. The van der Waals surface area contributed by atoms with Crippen LogP contribution in [0.5, 0.6) is 0 Å². The van der Waals surface area contributed by atoms with Crippen molar-refractivity contribution in [2.75, 3.05) is 50.1 Å². The number of carbonyl (C=O) groups excluding carboxylic acids is 1. The quantitative estimate of drug-likeness (QED) is 0.668. The number of ether oxygens (including phenoxy) is 1. The van der Waals surface area contributed by atoms with E-state index in [4.69, 9.17) is 10.5 Å². The molecule has 2 fully saturated rings. The van der Waals surface area contributed by atoms with Gasteiger partial charge < -0.3 is 15.8 Å². The third-order valence-electron chi connectivity index (χ3n) is 3.85. The predicted molar refractivity (Wildman–Crippen MR) is 89.9 cm³/mol. The molecule has 0 bridgehead atoms. The fraction of sp³-hybridized carbons (Fsp3) is 0.917. The molecule has 0 spiro atoms. The summed E-state index contributed by atoms with van der Waals surface area (Å²) < 4.78 is 31.0. The van der Waals surface area contributed by atoms with E-state index in [0.717, 1.165) is 11.5 Å². The zero-order valence-corrected chi connectivity index (χ0v) is 14.9. The van der Waals surface area contributed by atoms with Gasteiger partial charge in [0, 0.05) is 44.4 Å². The number of hydrogen-bond donors (Lipinski definition) is 2. The van der Waals surface area contributed by atoms with Crippen LogP contribution in [0.1, 0.15) is 12.8 Å². The Hall–Kier alpha value is -0.0600. The molecule has 2 aliphatic rings. The zero-order valence-electron chi connectivity index (χ0n) is 12.5. The Morgan fingerprint density at radius 3 is 2.45 bits per heavy atom. The summed E-state index contributed by atoms with van der Waals surface area (Å²) in [5.41, 5.74) is 5.11. The van der Waals surface area contributed by atoms with Gasteiger partial charge in [-0.3, -0.25) is 4.79 Å². The van der Waals surface area contributed by atoms with Crippen molar-refractivity contribution in [2.24, 2.45) is 5.73 Å². The Balaban J connectivity index is 0.00000242. The zero-order chi connectivity index (χ0) is 15.3. The number of hydrogen-bond acceptors (Lipinski definition) is 6. The van der Waals surface area contributed by atoms with E-state index in [1.165, 1.54) is 4.31 Å². The molecular formula is C12H24ClN3O4S2. The van der Waals surface area contributed by atoms with Crippen LogP contribution >= 0.6 is 24.2 Å². The molecule has 22 heavy (non-hydrogen) atoms. The summed E-state index contributed by atoms with van der Waals surface area (Å²) in [7, 11) is -3.29. The molecule has 2 saturated heterocycles. The lowest BCUT2D eigenvalue weighted by Crippen LogP contribution is -2.57. The van der Waals surface area contributed by atoms with Crippen molar-refractivity contribution in [1.29, 1.82) is 0 Å². The number of halogens is 1. The predicted octanol–water partition coefficient (Wildman–Crippen LogP) is -0.589. The third kappa shape index (κ3) is 5.24. The first-order valence-corrected chi connectivity index (χ1v) is 9.91. The fourth-order valence-corrected chi connectivity index (χ4v) is 4.88. The van der Waals surface area contributed by atoms with Crippen LogP contribution in [0.3, 0.4) is 0 Å². The van der Waals surface area contributed by atoms with Crippen LogP contribution < -0.4 is 11.1 Å². The number of rotatable bonds is 5. The van der Waals surface area contributed by atoms with Crippen LogP contribution in [-0.4, -0.2) is 74.3 Å². The molecule has 10 heteroatoms. The summed E-state index contributed by atoms with van der Waals surface area (Å²) >= 11 is 1.76. The lowest BCUT2D eigenvalue weighted by Gasteiger charge is -2.32. The second-order valence-electron chi connectivity index (χ2n) is 5.35. The van der Waals surface area contributed by atoms with Crippen molar-refractivity contribution in [1.82, 2.24) is 9.62 Å². The largest absolute Gasteiger partial charge is 0.381 e. The molecule has 0 aliphatic carbocycles. The molecule has 0 aromatic carbocycles. The standard InChI is InChI=1S/C12H23N3O4S2.ClH/c13-12(1-6-19-7-2-12)11(16)14-3-10-21(17,18)15-4-8-20-9-5-15;/h1-10,13H2,(H,14,16);1H. The molecule has 2 aliphatic heterocycles. The number of nitrogens with zero attached hydrogens (tertiary/aromatic N) is 1. The maximum absolute atomic E-state index is 12.1. The van der Waals surface area contributed by atoms with Crippen LogP contribution in [0.15, 0.2) is 0 Å². The molecule has 0 aromatic heterocycles. The molecule has 0 unspecified atom stereocenters. The first-order chi connectivity index (χ1) is 9.94. The van der Waals surface area contributed by atoms with Gasteiger partial charge in [0.15, 0.2) is 0 Å². The molecular weight excluding hydrogens is 350 g/mol. The van der Waals surface area contributed by atoms with Gasteiger partial charge in [-0.25, -0.2) is 12.7 Å². The lowest BCUT2D eigenvalue weighted by molar-refractivity contribution is -0.129. The Morgan fingerprint density at radius 1 is 1.27 bits per heavy atom. The van der Waals surface area contributed by atoms with E-state index in [9.17, 15) is 13.2 Å². The van der Waals surface area contributed by atoms with E-state index in [2.05, 4.69) is 5.32 Å². The molecule has 0 saturated carbocycles. The number of nitrogens with two attached hydrogens (primary N) is 1. The Labute approximate surface area is 142 Å². The molecule has 2 heterocycles. The highest BCUT2D eigenvalue weighted by Crippen LogP contribution is 2.17. The van der Waals surface area contributed by atoms with Crippen molar-refractivity contribution in [2.45, 2.75) is 18.4 Å². The van der Waals surface area contributed by atoms with Crippen molar-refractivity contribution in [3.05, 3.63) is 0 Å². The second kappa shape index (κ2) is 8.70. The van der Waals surface area contributed by atoms with Gasteiger partial charge in [-0.2, -0.15) is 11.8 Å². The van der Waals surface area contributed by atoms with Gasteiger partial charge in [0.2, 0.25) is 15.9 Å². The molecule has 130 valence electrons. The summed E-state index contributed by atoms with van der Waals surface area (Å²) in [6.45, 7) is 2.14. The monoisotopic (exact) mass is 373 g/mol. The number of amides is 1. The maximum atomic E-state index is 12.1. The second-order valence-corrected chi connectivity index (χ2v) is 8.67. The molecule has 1 amide bonds. The normalized spacial score (nSPS) is 22.6. The van der Waals surface area contributed by atoms with E-state index in [1.807, 2.05) is 0 Å². The van der Waals surface area contributed by atoms with Crippen molar-refractivity contribution in [3.8, 4) is 0 Å². The lowest BCUT2D eigenvalue weighted by atomic mass is 9.90. The van der Waals surface area contributed by atoms with E-state index >= 15 is 0 Å². The molecule has 0 radical (unpaired) electrons. The Kier molecular flexibility index (Phi) is 7.90. The number of sulfonamides is 1. The summed E-state index contributed by atoms with van der Waals surface area (Å²) in [6.07, 6.45) is 0.934. The van der Waals surface area contributed by atoms with Gasteiger partial charge in [-0.05, 0) is 12.8 Å². The molecule has 0 aromatic rings. The van der Waals surface area contributed by atoms with E-state index in [1.54, 1.807) is 11.8 Å². The van der Waals surface area contributed by atoms with Crippen LogP contribution in [0.4, 0.5) is 0 Å². The SMILES string of the molecule is Cl.NC1(C(=O)NCCS(=O)(=O)N2CCSCC2)CCOCC1. The van der Waals surface area contributed by atoms with Gasteiger partial charge in [0.1, 0.15) is 0 Å². The molecule has 2 rings (SSSR count). The topological polar surface area (TPSA) is 102 Å². The summed E-state index contributed by atoms with van der Waals surface area (Å²) in [5, 5.41) is 2.66. The summed E-state index contributed by atoms with van der Waals surface area (Å²) in [4.78, 5) is 12.1. The van der Waals surface area contributed by atoms with Gasteiger partial charge in [-0.1, -0.05) is 0 Å². The highest BCUT2D eigenvalue weighted by molar-refractivity contribution is 7.99. The number of nitrogens with one attached hydrogen (secondary N) is 1.